The van der Waals surface area contributed by atoms with E-state index < -0.39 is 9.84 Å². The molecule has 3 saturated heterocycles. The summed E-state index contributed by atoms with van der Waals surface area (Å²) in [5.41, 5.74) is 2.59. The molecule has 1 aromatic heterocycles. The maximum atomic E-state index is 13.6. The van der Waals surface area contributed by atoms with Crippen molar-refractivity contribution in [2.24, 2.45) is 11.3 Å². The van der Waals surface area contributed by atoms with Crippen LogP contribution in [0.25, 0.3) is 0 Å². The van der Waals surface area contributed by atoms with Crippen LogP contribution in [-0.2, 0) is 21.2 Å². The van der Waals surface area contributed by atoms with E-state index >= 15 is 0 Å². The lowest BCUT2D eigenvalue weighted by Crippen LogP contribution is -2.46. The number of likely N-dealkylation sites (tertiary alicyclic amines) is 3. The summed E-state index contributed by atoms with van der Waals surface area (Å²) in [6.45, 7) is 5.31. The maximum Gasteiger partial charge on any atom is 0.253 e. The van der Waals surface area contributed by atoms with Crippen LogP contribution in [0.4, 0.5) is 0 Å². The van der Waals surface area contributed by atoms with Crippen LogP contribution in [-0.4, -0.2) is 85.4 Å². The molecule has 0 bridgehead atoms. The van der Waals surface area contributed by atoms with Gasteiger partial charge in [-0.05, 0) is 73.7 Å². The van der Waals surface area contributed by atoms with Crippen molar-refractivity contribution in [3.8, 4) is 0 Å². The summed E-state index contributed by atoms with van der Waals surface area (Å²) >= 11 is 0. The molecule has 0 unspecified atom stereocenters. The van der Waals surface area contributed by atoms with E-state index in [0.717, 1.165) is 51.0 Å². The highest BCUT2D eigenvalue weighted by Gasteiger charge is 2.48. The van der Waals surface area contributed by atoms with Crippen molar-refractivity contribution in [2.45, 2.75) is 36.6 Å². The molecule has 3 aliphatic rings. The van der Waals surface area contributed by atoms with Crippen LogP contribution in [0, 0.1) is 11.3 Å². The largest absolute Gasteiger partial charge is 0.338 e. The second-order valence-corrected chi connectivity index (χ2v) is 14.2. The third-order valence-corrected chi connectivity index (χ3v) is 10.6. The van der Waals surface area contributed by atoms with E-state index in [-0.39, 0.29) is 23.1 Å². The molecule has 42 heavy (non-hydrogen) atoms. The summed E-state index contributed by atoms with van der Waals surface area (Å²) in [7, 11) is -3.24. The van der Waals surface area contributed by atoms with Gasteiger partial charge >= 0.3 is 0 Å². The first-order valence-corrected chi connectivity index (χ1v) is 16.7. The fourth-order valence-electron chi connectivity index (χ4n) is 7.04. The van der Waals surface area contributed by atoms with Crippen LogP contribution in [0.15, 0.2) is 84.0 Å². The van der Waals surface area contributed by atoms with Crippen LogP contribution < -0.4 is 0 Å². The summed E-state index contributed by atoms with van der Waals surface area (Å²) in [5, 5.41) is 0. The molecule has 2 aromatic carbocycles. The van der Waals surface area contributed by atoms with Gasteiger partial charge in [-0.15, -0.1) is 0 Å². The van der Waals surface area contributed by atoms with Crippen LogP contribution in [0.2, 0.25) is 0 Å². The minimum Gasteiger partial charge on any atom is -0.338 e. The number of piperidine rings is 1. The maximum absolute atomic E-state index is 13.6. The molecule has 3 fully saturated rings. The van der Waals surface area contributed by atoms with Crippen LogP contribution in [0.5, 0.6) is 0 Å². The molecule has 3 aliphatic heterocycles. The Bertz CT molecular complexity index is 1520. The zero-order valence-electron chi connectivity index (χ0n) is 24.1. The Kier molecular flexibility index (Phi) is 7.89. The Morgan fingerprint density at radius 3 is 2.24 bits per heavy atom. The highest BCUT2D eigenvalue weighted by molar-refractivity contribution is 7.90. The highest BCUT2D eigenvalue weighted by atomic mass is 32.2. The first-order chi connectivity index (χ1) is 20.2. The van der Waals surface area contributed by atoms with Crippen LogP contribution in [0.3, 0.4) is 0 Å². The number of nitrogens with zero attached hydrogens (tertiary/aromatic N) is 4. The lowest BCUT2D eigenvalue weighted by molar-refractivity contribution is -0.139. The Morgan fingerprint density at radius 2 is 1.57 bits per heavy atom. The molecule has 0 saturated carbocycles. The van der Waals surface area contributed by atoms with E-state index in [1.54, 1.807) is 36.7 Å². The lowest BCUT2D eigenvalue weighted by atomic mass is 9.76. The summed E-state index contributed by atoms with van der Waals surface area (Å²) < 4.78 is 23.6. The van der Waals surface area contributed by atoms with Gasteiger partial charge in [0, 0.05) is 62.9 Å². The van der Waals surface area contributed by atoms with E-state index in [4.69, 9.17) is 0 Å². The van der Waals surface area contributed by atoms with Crippen molar-refractivity contribution < 1.29 is 18.0 Å². The molecular formula is C33H38N4O4S. The van der Waals surface area contributed by atoms with Gasteiger partial charge in [0.2, 0.25) is 5.91 Å². The highest BCUT2D eigenvalue weighted by Crippen LogP contribution is 2.43. The molecule has 2 amide bonds. The molecule has 0 N–H and O–H groups in total. The summed E-state index contributed by atoms with van der Waals surface area (Å²) in [6.07, 6.45) is 7.09. The first-order valence-electron chi connectivity index (χ1n) is 14.8. The molecule has 9 heteroatoms. The van der Waals surface area contributed by atoms with E-state index in [2.05, 4.69) is 34.1 Å². The number of amides is 2. The predicted molar refractivity (Wildman–Crippen MR) is 161 cm³/mol. The predicted octanol–water partition coefficient (Wildman–Crippen LogP) is 3.86. The SMILES string of the molecule is CS(=O)(=O)c1ccc(CN2CCC3(CCN(C[C@H]4CN(C(=O)c5ccncc5)C[C@@H]4c4ccccc4)CC3)C2=O)cc1. The van der Waals surface area contributed by atoms with Crippen molar-refractivity contribution in [3.05, 3.63) is 95.8 Å². The topological polar surface area (TPSA) is 90.9 Å². The normalized spacial score (nSPS) is 22.6. The molecule has 2 atom stereocenters. The molecule has 0 aliphatic carbocycles. The van der Waals surface area contributed by atoms with Gasteiger partial charge in [0.1, 0.15) is 0 Å². The monoisotopic (exact) mass is 586 g/mol. The third-order valence-electron chi connectivity index (χ3n) is 9.52. The number of carbonyl (C=O) groups excluding carboxylic acids is 2. The van der Waals surface area contributed by atoms with Gasteiger partial charge in [0.05, 0.1) is 10.3 Å². The molecule has 8 nitrogen and oxygen atoms in total. The van der Waals surface area contributed by atoms with Gasteiger partial charge in [-0.1, -0.05) is 42.5 Å². The zero-order valence-corrected chi connectivity index (χ0v) is 24.9. The van der Waals surface area contributed by atoms with Crippen LogP contribution in [0.1, 0.15) is 46.7 Å². The lowest BCUT2D eigenvalue weighted by Gasteiger charge is -2.39. The van der Waals surface area contributed by atoms with E-state index in [0.29, 0.717) is 36.0 Å². The fraction of sp³-hybridized carbons (Fsp3) is 0.424. The molecule has 4 heterocycles. The van der Waals surface area contributed by atoms with Crippen molar-refractivity contribution in [1.82, 2.24) is 19.7 Å². The van der Waals surface area contributed by atoms with E-state index in [1.165, 1.54) is 11.8 Å². The van der Waals surface area contributed by atoms with Crippen molar-refractivity contribution in [2.75, 3.05) is 45.5 Å². The first kappa shape index (κ1) is 28.6. The smallest absolute Gasteiger partial charge is 0.253 e. The molecule has 3 aromatic rings. The Balaban J connectivity index is 1.08. The number of rotatable bonds is 7. The fourth-order valence-corrected chi connectivity index (χ4v) is 7.67. The number of sulfone groups is 1. The number of benzene rings is 2. The number of pyridine rings is 1. The van der Waals surface area contributed by atoms with Gasteiger partial charge in [0.15, 0.2) is 9.84 Å². The van der Waals surface area contributed by atoms with E-state index in [1.807, 2.05) is 28.0 Å². The minimum absolute atomic E-state index is 0.0565. The summed E-state index contributed by atoms with van der Waals surface area (Å²) in [6, 6.07) is 20.9. The number of carbonyl (C=O) groups is 2. The average molecular weight is 587 g/mol. The summed E-state index contributed by atoms with van der Waals surface area (Å²) in [4.78, 5) is 37.7. The molecule has 1 spiro atoms. The van der Waals surface area contributed by atoms with Gasteiger partial charge in [-0.2, -0.15) is 0 Å². The van der Waals surface area contributed by atoms with Gasteiger partial charge in [-0.3, -0.25) is 14.6 Å². The average Bonchev–Trinajstić information content (AvgIpc) is 3.56. The molecule has 0 radical (unpaired) electrons. The molecular weight excluding hydrogens is 548 g/mol. The quantitative estimate of drug-likeness (QED) is 0.418. The number of hydrogen-bond donors (Lipinski definition) is 0. The van der Waals surface area contributed by atoms with Crippen molar-refractivity contribution in [3.63, 3.8) is 0 Å². The zero-order chi connectivity index (χ0) is 29.3. The summed E-state index contributed by atoms with van der Waals surface area (Å²) in [5.74, 6) is 0.871. The van der Waals surface area contributed by atoms with E-state index in [9.17, 15) is 18.0 Å². The Morgan fingerprint density at radius 1 is 0.905 bits per heavy atom. The van der Waals surface area contributed by atoms with Gasteiger partial charge < -0.3 is 14.7 Å². The van der Waals surface area contributed by atoms with Crippen LogP contribution >= 0.6 is 0 Å². The van der Waals surface area contributed by atoms with Crippen molar-refractivity contribution in [1.29, 1.82) is 0 Å². The molecule has 220 valence electrons. The standard InChI is InChI=1S/C33H38N4O4S/c1-42(40,41)29-9-7-25(8-10-29)21-36-20-15-33(32(36)39)13-18-35(19-14-33)22-28-23-37(31(38)27-11-16-34-17-12-27)24-30(28)26-5-3-2-4-6-26/h2-12,16-17,28,30H,13-15,18-24H2,1H3/t28-,30+/m0/s1. The molecule has 6 rings (SSSR count). The second-order valence-electron chi connectivity index (χ2n) is 12.2. The minimum atomic E-state index is -3.24. The second kappa shape index (κ2) is 11.6. The number of aromatic nitrogens is 1. The van der Waals surface area contributed by atoms with Crippen molar-refractivity contribution >= 4 is 21.7 Å². The third kappa shape index (κ3) is 5.85. The van der Waals surface area contributed by atoms with Gasteiger partial charge in [0.25, 0.3) is 5.91 Å². The van der Waals surface area contributed by atoms with Gasteiger partial charge in [-0.25, -0.2) is 8.42 Å². The Labute approximate surface area is 248 Å². The Hall–Kier alpha value is -3.56. The number of hydrogen-bond acceptors (Lipinski definition) is 6.